The van der Waals surface area contributed by atoms with E-state index < -0.39 is 17.8 Å². The Morgan fingerprint density at radius 1 is 1.15 bits per heavy atom. The van der Waals surface area contributed by atoms with Gasteiger partial charge in [-0.15, -0.1) is 0 Å². The molecular formula is C14H17BrO5. The number of rotatable bonds is 6. The smallest absolute Gasteiger partial charge is 0.306 e. The summed E-state index contributed by atoms with van der Waals surface area (Å²) < 4.78 is 10.8. The van der Waals surface area contributed by atoms with Gasteiger partial charge >= 0.3 is 5.97 Å². The number of halogens is 1. The lowest BCUT2D eigenvalue weighted by Crippen LogP contribution is -2.26. The number of carboxylic acids is 1. The summed E-state index contributed by atoms with van der Waals surface area (Å²) in [5, 5.41) is 9.01. The third-order valence-corrected chi connectivity index (χ3v) is 3.91. The second-order valence-electron chi connectivity index (χ2n) is 4.47. The number of Topliss-reactive ketones (excluding diaryl/α,β-unsaturated/α-hetero) is 1. The first-order chi connectivity index (χ1) is 9.33. The molecule has 0 aliphatic carbocycles. The molecule has 110 valence electrons. The topological polar surface area (TPSA) is 72.8 Å². The summed E-state index contributed by atoms with van der Waals surface area (Å²) in [6.45, 7) is 3.10. The van der Waals surface area contributed by atoms with Crippen LogP contribution >= 0.6 is 15.9 Å². The lowest BCUT2D eigenvalue weighted by molar-refractivity contribution is -0.142. The van der Waals surface area contributed by atoms with Gasteiger partial charge < -0.3 is 14.6 Å². The van der Waals surface area contributed by atoms with E-state index in [9.17, 15) is 9.59 Å². The zero-order chi connectivity index (χ0) is 15.4. The van der Waals surface area contributed by atoms with Crippen LogP contribution in [0.4, 0.5) is 0 Å². The number of methoxy groups -OCH3 is 2. The first-order valence-corrected chi connectivity index (χ1v) is 6.81. The quantitative estimate of drug-likeness (QED) is 0.803. The number of carbonyl (C=O) groups is 2. The van der Waals surface area contributed by atoms with Crippen molar-refractivity contribution in [1.82, 2.24) is 0 Å². The number of hydrogen-bond acceptors (Lipinski definition) is 4. The highest BCUT2D eigenvalue weighted by Crippen LogP contribution is 2.35. The summed E-state index contributed by atoms with van der Waals surface area (Å²) in [4.78, 5) is 23.5. The molecule has 1 N–H and O–H groups in total. The molecule has 0 saturated heterocycles. The number of carboxylic acid groups (broad SMARTS) is 1. The van der Waals surface area contributed by atoms with Gasteiger partial charge in [0.1, 0.15) is 11.5 Å². The van der Waals surface area contributed by atoms with E-state index in [1.807, 2.05) is 0 Å². The van der Waals surface area contributed by atoms with Crippen molar-refractivity contribution in [1.29, 1.82) is 0 Å². The molecule has 1 aromatic rings. The van der Waals surface area contributed by atoms with Crippen LogP contribution in [0.1, 0.15) is 24.2 Å². The van der Waals surface area contributed by atoms with Crippen LogP contribution in [0.3, 0.4) is 0 Å². The Morgan fingerprint density at radius 2 is 1.75 bits per heavy atom. The average Bonchev–Trinajstić information content (AvgIpc) is 2.43. The number of benzene rings is 1. The Bertz CT molecular complexity index is 527. The number of carbonyl (C=O) groups excluding carboxylic acids is 1. The van der Waals surface area contributed by atoms with Gasteiger partial charge in [-0.2, -0.15) is 0 Å². The minimum Gasteiger partial charge on any atom is -0.497 e. The normalized spacial score (nSPS) is 13.4. The molecule has 0 aromatic heterocycles. The Kier molecular flexibility index (Phi) is 5.56. The van der Waals surface area contributed by atoms with Gasteiger partial charge in [-0.05, 0) is 22.0 Å². The number of aliphatic carboxylic acids is 1. The summed E-state index contributed by atoms with van der Waals surface area (Å²) in [6.07, 6.45) is 0. The van der Waals surface area contributed by atoms with E-state index in [1.54, 1.807) is 19.1 Å². The van der Waals surface area contributed by atoms with Crippen molar-refractivity contribution in [2.45, 2.75) is 13.8 Å². The summed E-state index contributed by atoms with van der Waals surface area (Å²) in [6, 6.07) is 3.24. The van der Waals surface area contributed by atoms with Crippen LogP contribution in [0.5, 0.6) is 11.5 Å². The molecule has 5 nitrogen and oxygen atoms in total. The van der Waals surface area contributed by atoms with Crippen LogP contribution in [0.15, 0.2) is 16.6 Å². The zero-order valence-electron chi connectivity index (χ0n) is 11.8. The van der Waals surface area contributed by atoms with Crippen molar-refractivity contribution in [2.24, 2.45) is 11.8 Å². The van der Waals surface area contributed by atoms with Crippen LogP contribution < -0.4 is 9.47 Å². The minimum atomic E-state index is -1.01. The maximum atomic E-state index is 12.5. The Hall–Kier alpha value is -1.56. The van der Waals surface area contributed by atoms with Gasteiger partial charge in [-0.3, -0.25) is 9.59 Å². The lowest BCUT2D eigenvalue weighted by atomic mass is 9.88. The van der Waals surface area contributed by atoms with Gasteiger partial charge in [0.25, 0.3) is 0 Å². The van der Waals surface area contributed by atoms with Crippen molar-refractivity contribution in [3.63, 3.8) is 0 Å². The molecule has 0 heterocycles. The molecular weight excluding hydrogens is 328 g/mol. The van der Waals surface area contributed by atoms with Crippen molar-refractivity contribution >= 4 is 27.7 Å². The van der Waals surface area contributed by atoms with Gasteiger partial charge in [0.2, 0.25) is 0 Å². The Morgan fingerprint density at radius 3 is 2.20 bits per heavy atom. The number of hydrogen-bond donors (Lipinski definition) is 1. The van der Waals surface area contributed by atoms with Gasteiger partial charge in [0.15, 0.2) is 5.78 Å². The fourth-order valence-corrected chi connectivity index (χ4v) is 2.36. The van der Waals surface area contributed by atoms with Gasteiger partial charge in [-0.25, -0.2) is 0 Å². The maximum absolute atomic E-state index is 12.5. The van der Waals surface area contributed by atoms with E-state index in [-0.39, 0.29) is 5.78 Å². The molecule has 0 saturated carbocycles. The first-order valence-electron chi connectivity index (χ1n) is 6.02. The molecule has 1 aromatic carbocycles. The number of ether oxygens (including phenoxy) is 2. The van der Waals surface area contributed by atoms with E-state index in [0.29, 0.717) is 21.5 Å². The Balaban J connectivity index is 3.25. The van der Waals surface area contributed by atoms with E-state index in [1.165, 1.54) is 21.1 Å². The van der Waals surface area contributed by atoms with Crippen LogP contribution in [0.25, 0.3) is 0 Å². The lowest BCUT2D eigenvalue weighted by Gasteiger charge is -2.18. The van der Waals surface area contributed by atoms with E-state index in [4.69, 9.17) is 14.6 Å². The molecule has 2 atom stereocenters. The van der Waals surface area contributed by atoms with Gasteiger partial charge in [0, 0.05) is 16.5 Å². The SMILES string of the molecule is COc1cc(Br)c(C(=O)C(C)C(C)C(=O)O)c(OC)c1. The van der Waals surface area contributed by atoms with E-state index >= 15 is 0 Å². The standard InChI is InChI=1S/C14H17BrO5/c1-7(8(2)14(17)18)13(16)12-10(15)5-9(19-3)6-11(12)20-4/h5-8H,1-4H3,(H,17,18). The van der Waals surface area contributed by atoms with E-state index in [0.717, 1.165) is 0 Å². The second-order valence-corrected chi connectivity index (χ2v) is 5.32. The molecule has 0 radical (unpaired) electrons. The molecule has 0 aliphatic rings. The molecule has 0 aliphatic heterocycles. The average molecular weight is 345 g/mol. The van der Waals surface area contributed by atoms with Crippen molar-refractivity contribution in [3.8, 4) is 11.5 Å². The summed E-state index contributed by atoms with van der Waals surface area (Å²) in [7, 11) is 2.96. The maximum Gasteiger partial charge on any atom is 0.306 e. The van der Waals surface area contributed by atoms with Crippen LogP contribution in [0.2, 0.25) is 0 Å². The summed E-state index contributed by atoms with van der Waals surface area (Å²) in [5.74, 6) is -1.83. The molecule has 0 spiro atoms. The third-order valence-electron chi connectivity index (χ3n) is 3.28. The molecule has 2 unspecified atom stereocenters. The van der Waals surface area contributed by atoms with Crippen LogP contribution in [-0.4, -0.2) is 31.1 Å². The molecule has 0 fully saturated rings. The highest BCUT2D eigenvalue weighted by atomic mass is 79.9. The van der Waals surface area contributed by atoms with Crippen LogP contribution in [0, 0.1) is 11.8 Å². The van der Waals surface area contributed by atoms with Crippen LogP contribution in [-0.2, 0) is 4.79 Å². The molecule has 1 rings (SSSR count). The third kappa shape index (κ3) is 3.30. The highest BCUT2D eigenvalue weighted by molar-refractivity contribution is 9.10. The van der Waals surface area contributed by atoms with E-state index in [2.05, 4.69) is 15.9 Å². The first kappa shape index (κ1) is 16.5. The predicted molar refractivity (Wildman–Crippen MR) is 77.5 cm³/mol. The predicted octanol–water partition coefficient (Wildman–Crippen LogP) is 3.01. The number of ketones is 1. The minimum absolute atomic E-state index is 0.286. The monoisotopic (exact) mass is 344 g/mol. The highest BCUT2D eigenvalue weighted by Gasteiger charge is 2.30. The molecule has 20 heavy (non-hydrogen) atoms. The summed E-state index contributed by atoms with van der Waals surface area (Å²) >= 11 is 3.31. The fraction of sp³-hybridized carbons (Fsp3) is 0.429. The van der Waals surface area contributed by atoms with Crippen molar-refractivity contribution in [2.75, 3.05) is 14.2 Å². The molecule has 0 amide bonds. The molecule has 6 heteroatoms. The van der Waals surface area contributed by atoms with Gasteiger partial charge in [0.05, 0.1) is 25.7 Å². The molecule has 0 bridgehead atoms. The largest absolute Gasteiger partial charge is 0.497 e. The second kappa shape index (κ2) is 6.74. The zero-order valence-corrected chi connectivity index (χ0v) is 13.4. The Labute approximate surface area is 126 Å². The van der Waals surface area contributed by atoms with Gasteiger partial charge in [-0.1, -0.05) is 13.8 Å². The van der Waals surface area contributed by atoms with Crippen molar-refractivity contribution in [3.05, 3.63) is 22.2 Å². The fourth-order valence-electron chi connectivity index (χ4n) is 1.74. The summed E-state index contributed by atoms with van der Waals surface area (Å²) in [5.41, 5.74) is 0.328. The van der Waals surface area contributed by atoms with Crippen molar-refractivity contribution < 1.29 is 24.2 Å².